The Hall–Kier alpha value is -2.18. The second kappa shape index (κ2) is 8.67. The highest BCUT2D eigenvalue weighted by molar-refractivity contribution is 7.99. The van der Waals surface area contributed by atoms with E-state index in [2.05, 4.69) is 55.1 Å². The Kier molecular flexibility index (Phi) is 6.29. The smallest absolute Gasteiger partial charge is 0.317 e. The molecule has 1 heterocycles. The Bertz CT molecular complexity index is 781. The van der Waals surface area contributed by atoms with Crippen LogP contribution < -0.4 is 9.64 Å². The second-order valence-corrected chi connectivity index (χ2v) is 8.03. The number of hydrogen-bond acceptors (Lipinski definition) is 5. The third-order valence-corrected chi connectivity index (χ3v) is 5.99. The van der Waals surface area contributed by atoms with E-state index in [4.69, 9.17) is 9.84 Å². The van der Waals surface area contributed by atoms with Gasteiger partial charge in [0.2, 0.25) is 0 Å². The van der Waals surface area contributed by atoms with Gasteiger partial charge in [0.15, 0.2) is 0 Å². The summed E-state index contributed by atoms with van der Waals surface area (Å²) in [5.74, 6) is 0.0857. The number of methoxy groups -OCH3 is 1. The Balaban J connectivity index is 1.79. The maximum atomic E-state index is 11.1. The SMILES string of the molecule is COc1ccc(Sc2ccccc2N2C[C@@H](C)N(CC(=O)O)C[C@H]2C)cc1. The van der Waals surface area contributed by atoms with E-state index in [1.165, 1.54) is 10.6 Å². The third kappa shape index (κ3) is 4.76. The zero-order chi connectivity index (χ0) is 19.4. The number of hydrogen-bond donors (Lipinski definition) is 1. The lowest BCUT2D eigenvalue weighted by Gasteiger charge is -2.45. The highest BCUT2D eigenvalue weighted by Crippen LogP contribution is 2.37. The first kappa shape index (κ1) is 19.6. The molecular weight excluding hydrogens is 360 g/mol. The van der Waals surface area contributed by atoms with Gasteiger partial charge >= 0.3 is 5.97 Å². The van der Waals surface area contributed by atoms with Crippen molar-refractivity contribution < 1.29 is 14.6 Å². The summed E-state index contributed by atoms with van der Waals surface area (Å²) in [6, 6.07) is 16.9. The van der Waals surface area contributed by atoms with Gasteiger partial charge in [-0.05, 0) is 50.2 Å². The van der Waals surface area contributed by atoms with Gasteiger partial charge in [-0.25, -0.2) is 0 Å². The van der Waals surface area contributed by atoms with E-state index in [1.54, 1.807) is 18.9 Å². The number of carboxylic acid groups (broad SMARTS) is 1. The van der Waals surface area contributed by atoms with Crippen LogP contribution in [0, 0.1) is 0 Å². The number of rotatable bonds is 6. The quantitative estimate of drug-likeness (QED) is 0.814. The van der Waals surface area contributed by atoms with E-state index in [-0.39, 0.29) is 18.6 Å². The van der Waals surface area contributed by atoms with Crippen molar-refractivity contribution in [3.63, 3.8) is 0 Å². The molecule has 1 aliphatic rings. The number of para-hydroxylation sites is 1. The lowest BCUT2D eigenvalue weighted by molar-refractivity contribution is -0.139. The fourth-order valence-electron chi connectivity index (χ4n) is 3.48. The Labute approximate surface area is 164 Å². The molecule has 0 amide bonds. The fraction of sp³-hybridized carbons (Fsp3) is 0.381. The van der Waals surface area contributed by atoms with Crippen LogP contribution in [0.2, 0.25) is 0 Å². The molecule has 5 nitrogen and oxygen atoms in total. The van der Waals surface area contributed by atoms with Crippen LogP contribution in [0.4, 0.5) is 5.69 Å². The fourth-order valence-corrected chi connectivity index (χ4v) is 4.44. The summed E-state index contributed by atoms with van der Waals surface area (Å²) in [5, 5.41) is 9.13. The summed E-state index contributed by atoms with van der Waals surface area (Å²) in [6.45, 7) is 5.92. The van der Waals surface area contributed by atoms with Crippen LogP contribution in [0.15, 0.2) is 58.3 Å². The van der Waals surface area contributed by atoms with Crippen LogP contribution in [0.25, 0.3) is 0 Å². The first-order chi connectivity index (χ1) is 13.0. The van der Waals surface area contributed by atoms with Crippen LogP contribution >= 0.6 is 11.8 Å². The summed E-state index contributed by atoms with van der Waals surface area (Å²) in [7, 11) is 1.67. The van der Waals surface area contributed by atoms with Gasteiger partial charge in [0.05, 0.1) is 19.3 Å². The molecule has 2 atom stereocenters. The molecule has 0 radical (unpaired) electrons. The number of ether oxygens (including phenoxy) is 1. The number of piperazine rings is 1. The van der Waals surface area contributed by atoms with E-state index in [0.29, 0.717) is 0 Å². The van der Waals surface area contributed by atoms with Gasteiger partial charge in [0.25, 0.3) is 0 Å². The van der Waals surface area contributed by atoms with Gasteiger partial charge in [-0.15, -0.1) is 0 Å². The van der Waals surface area contributed by atoms with Crippen molar-refractivity contribution in [3.05, 3.63) is 48.5 Å². The molecule has 27 heavy (non-hydrogen) atoms. The van der Waals surface area contributed by atoms with Crippen LogP contribution in [-0.2, 0) is 4.79 Å². The molecule has 0 bridgehead atoms. The minimum atomic E-state index is -0.766. The standard InChI is InChI=1S/C21H26N2O3S/c1-15-13-23(16(2)12-22(15)14-21(24)25)19-6-4-5-7-20(19)27-18-10-8-17(26-3)9-11-18/h4-11,15-16H,12-14H2,1-3H3,(H,24,25)/t15-,16-/m1/s1. The summed E-state index contributed by atoms with van der Waals surface area (Å²) in [5.41, 5.74) is 1.20. The summed E-state index contributed by atoms with van der Waals surface area (Å²) >= 11 is 1.74. The van der Waals surface area contributed by atoms with Crippen molar-refractivity contribution in [1.29, 1.82) is 0 Å². The van der Waals surface area contributed by atoms with Crippen molar-refractivity contribution in [2.45, 2.75) is 35.7 Å². The van der Waals surface area contributed by atoms with Crippen molar-refractivity contribution in [3.8, 4) is 5.75 Å². The van der Waals surface area contributed by atoms with Crippen LogP contribution in [0.3, 0.4) is 0 Å². The minimum absolute atomic E-state index is 0.0988. The van der Waals surface area contributed by atoms with Gasteiger partial charge in [-0.3, -0.25) is 9.69 Å². The van der Waals surface area contributed by atoms with Crippen molar-refractivity contribution in [2.24, 2.45) is 0 Å². The van der Waals surface area contributed by atoms with Gasteiger partial charge in [-0.1, -0.05) is 23.9 Å². The second-order valence-electron chi connectivity index (χ2n) is 6.92. The molecule has 144 valence electrons. The molecule has 2 aromatic rings. The number of aliphatic carboxylic acids is 1. The average Bonchev–Trinajstić information content (AvgIpc) is 2.65. The maximum absolute atomic E-state index is 11.1. The first-order valence-corrected chi connectivity index (χ1v) is 9.93. The summed E-state index contributed by atoms with van der Waals surface area (Å²) in [6.07, 6.45) is 0. The first-order valence-electron chi connectivity index (χ1n) is 9.11. The van der Waals surface area contributed by atoms with E-state index in [1.807, 2.05) is 17.0 Å². The van der Waals surface area contributed by atoms with Gasteiger partial charge < -0.3 is 14.7 Å². The van der Waals surface area contributed by atoms with Gasteiger partial charge in [-0.2, -0.15) is 0 Å². The highest BCUT2D eigenvalue weighted by Gasteiger charge is 2.31. The molecule has 1 saturated heterocycles. The monoisotopic (exact) mass is 386 g/mol. The Morgan fingerprint density at radius 3 is 2.48 bits per heavy atom. The summed E-state index contributed by atoms with van der Waals surface area (Å²) < 4.78 is 5.24. The summed E-state index contributed by atoms with van der Waals surface area (Å²) in [4.78, 5) is 17.9. The van der Waals surface area contributed by atoms with Gasteiger partial charge in [0, 0.05) is 35.0 Å². The van der Waals surface area contributed by atoms with Crippen LogP contribution in [0.5, 0.6) is 5.75 Å². The number of anilines is 1. The molecule has 1 N–H and O–H groups in total. The molecule has 1 aliphatic heterocycles. The number of carboxylic acids is 1. The third-order valence-electron chi connectivity index (χ3n) is 4.92. The topological polar surface area (TPSA) is 53.0 Å². The number of nitrogens with zero attached hydrogens (tertiary/aromatic N) is 2. The highest BCUT2D eigenvalue weighted by atomic mass is 32.2. The van der Waals surface area contributed by atoms with E-state index < -0.39 is 5.97 Å². The normalized spacial score (nSPS) is 20.5. The molecule has 0 unspecified atom stereocenters. The van der Waals surface area contributed by atoms with Crippen molar-refractivity contribution >= 4 is 23.4 Å². The largest absolute Gasteiger partial charge is 0.497 e. The molecule has 0 aromatic heterocycles. The predicted octanol–water partition coefficient (Wildman–Crippen LogP) is 3.83. The molecule has 0 spiro atoms. The van der Waals surface area contributed by atoms with Gasteiger partial charge in [0.1, 0.15) is 5.75 Å². The van der Waals surface area contributed by atoms with E-state index >= 15 is 0 Å². The predicted molar refractivity (Wildman–Crippen MR) is 109 cm³/mol. The lowest BCUT2D eigenvalue weighted by Crippen LogP contribution is -2.57. The zero-order valence-corrected chi connectivity index (χ0v) is 16.8. The van der Waals surface area contributed by atoms with Crippen LogP contribution in [0.1, 0.15) is 13.8 Å². The molecule has 1 fully saturated rings. The van der Waals surface area contributed by atoms with E-state index in [9.17, 15) is 4.79 Å². The molecular formula is C21H26N2O3S. The maximum Gasteiger partial charge on any atom is 0.317 e. The van der Waals surface area contributed by atoms with Crippen molar-refractivity contribution in [2.75, 3.05) is 31.6 Å². The van der Waals surface area contributed by atoms with Crippen LogP contribution in [-0.4, -0.2) is 54.8 Å². The number of benzene rings is 2. The molecule has 2 aromatic carbocycles. The lowest BCUT2D eigenvalue weighted by atomic mass is 10.1. The van der Waals surface area contributed by atoms with E-state index in [0.717, 1.165) is 23.7 Å². The molecule has 3 rings (SSSR count). The Morgan fingerprint density at radius 1 is 1.11 bits per heavy atom. The molecule has 0 saturated carbocycles. The minimum Gasteiger partial charge on any atom is -0.497 e. The number of carbonyl (C=O) groups is 1. The average molecular weight is 387 g/mol. The van der Waals surface area contributed by atoms with Crippen molar-refractivity contribution in [1.82, 2.24) is 4.90 Å². The molecule has 6 heteroatoms. The Morgan fingerprint density at radius 2 is 1.81 bits per heavy atom. The zero-order valence-electron chi connectivity index (χ0n) is 16.0. The molecule has 0 aliphatic carbocycles.